The molecule has 5 nitrogen and oxygen atoms in total. The molecular formula is C13H14BrN5. The van der Waals surface area contributed by atoms with Gasteiger partial charge in [-0.05, 0) is 41.9 Å². The summed E-state index contributed by atoms with van der Waals surface area (Å²) in [6, 6.07) is 4.19. The molecule has 3 heterocycles. The van der Waals surface area contributed by atoms with E-state index in [0.717, 1.165) is 15.9 Å². The lowest BCUT2D eigenvalue weighted by atomic mass is 10.4. The molecule has 6 heteroatoms. The summed E-state index contributed by atoms with van der Waals surface area (Å²) < 4.78 is 4.90. The van der Waals surface area contributed by atoms with E-state index in [1.807, 2.05) is 16.8 Å². The second-order valence-electron chi connectivity index (χ2n) is 4.47. The molecule has 0 aliphatic heterocycles. The van der Waals surface area contributed by atoms with Crippen LogP contribution in [0.25, 0.3) is 5.65 Å². The average molecular weight is 320 g/mol. The van der Waals surface area contributed by atoms with Gasteiger partial charge < -0.3 is 5.43 Å². The molecule has 3 rings (SSSR count). The molecule has 3 aromatic rings. The van der Waals surface area contributed by atoms with Crippen LogP contribution in [-0.2, 0) is 6.54 Å². The van der Waals surface area contributed by atoms with Crippen LogP contribution in [0, 0.1) is 13.8 Å². The number of nitrogens with one attached hydrogen (secondary N) is 1. The second kappa shape index (κ2) is 4.70. The van der Waals surface area contributed by atoms with E-state index in [1.54, 1.807) is 6.20 Å². The summed E-state index contributed by atoms with van der Waals surface area (Å²) in [5.74, 6) is 0. The van der Waals surface area contributed by atoms with E-state index >= 15 is 0 Å². The van der Waals surface area contributed by atoms with E-state index in [4.69, 9.17) is 0 Å². The van der Waals surface area contributed by atoms with Crippen molar-refractivity contribution in [3.8, 4) is 0 Å². The number of halogens is 1. The van der Waals surface area contributed by atoms with Crippen LogP contribution in [-0.4, -0.2) is 19.0 Å². The van der Waals surface area contributed by atoms with Gasteiger partial charge in [0, 0.05) is 17.6 Å². The van der Waals surface area contributed by atoms with E-state index in [9.17, 15) is 0 Å². The van der Waals surface area contributed by atoms with Crippen molar-refractivity contribution in [1.82, 2.24) is 19.0 Å². The molecule has 3 aromatic heterocycles. The van der Waals surface area contributed by atoms with E-state index in [1.165, 1.54) is 11.4 Å². The van der Waals surface area contributed by atoms with Crippen LogP contribution in [0.3, 0.4) is 0 Å². The lowest BCUT2D eigenvalue weighted by Crippen LogP contribution is -2.17. The van der Waals surface area contributed by atoms with E-state index in [0.29, 0.717) is 6.54 Å². The summed E-state index contributed by atoms with van der Waals surface area (Å²) in [6.45, 7) is 4.86. The first-order valence-corrected chi connectivity index (χ1v) is 6.81. The largest absolute Gasteiger partial charge is 0.320 e. The SMILES string of the molecule is Cc1ccc(C)n1NCc1cnc2cnc(Br)cn12. The Morgan fingerprint density at radius 3 is 2.63 bits per heavy atom. The highest BCUT2D eigenvalue weighted by molar-refractivity contribution is 9.10. The van der Waals surface area contributed by atoms with Crippen molar-refractivity contribution in [2.75, 3.05) is 5.43 Å². The highest BCUT2D eigenvalue weighted by Crippen LogP contribution is 2.11. The first-order chi connectivity index (χ1) is 9.15. The molecule has 1 N–H and O–H groups in total. The number of aryl methyl sites for hydroxylation is 2. The molecule has 0 unspecified atom stereocenters. The molecule has 98 valence electrons. The minimum Gasteiger partial charge on any atom is -0.320 e. The Bertz CT molecular complexity index is 708. The minimum atomic E-state index is 0.702. The molecule has 0 bridgehead atoms. The van der Waals surface area contributed by atoms with Crippen molar-refractivity contribution in [2.45, 2.75) is 20.4 Å². The monoisotopic (exact) mass is 319 g/mol. The van der Waals surface area contributed by atoms with Crippen molar-refractivity contribution in [2.24, 2.45) is 0 Å². The van der Waals surface area contributed by atoms with Gasteiger partial charge in [-0.1, -0.05) is 0 Å². The summed E-state index contributed by atoms with van der Waals surface area (Å²) in [6.07, 6.45) is 5.54. The number of hydrogen-bond donors (Lipinski definition) is 1. The molecule has 0 saturated heterocycles. The fraction of sp³-hybridized carbons (Fsp3) is 0.231. The zero-order valence-corrected chi connectivity index (χ0v) is 12.3. The predicted molar refractivity (Wildman–Crippen MR) is 77.7 cm³/mol. The molecular weight excluding hydrogens is 306 g/mol. The number of fused-ring (bicyclic) bond motifs is 1. The highest BCUT2D eigenvalue weighted by Gasteiger charge is 2.05. The molecule has 0 amide bonds. The normalized spacial score (nSPS) is 11.1. The maximum absolute atomic E-state index is 4.33. The molecule has 0 aliphatic carbocycles. The Labute approximate surface area is 119 Å². The first kappa shape index (κ1) is 12.2. The van der Waals surface area contributed by atoms with Crippen LogP contribution in [0.1, 0.15) is 17.1 Å². The Morgan fingerprint density at radius 1 is 1.16 bits per heavy atom. The third-order valence-corrected chi connectivity index (χ3v) is 3.54. The number of rotatable bonds is 3. The fourth-order valence-electron chi connectivity index (χ4n) is 2.12. The van der Waals surface area contributed by atoms with Gasteiger partial charge in [0.05, 0.1) is 24.6 Å². The van der Waals surface area contributed by atoms with Crippen LogP contribution in [0.2, 0.25) is 0 Å². The molecule has 0 atom stereocenters. The fourth-order valence-corrected chi connectivity index (χ4v) is 2.43. The van der Waals surface area contributed by atoms with Gasteiger partial charge in [-0.15, -0.1) is 0 Å². The summed E-state index contributed by atoms with van der Waals surface area (Å²) >= 11 is 3.38. The molecule has 0 saturated carbocycles. The quantitative estimate of drug-likeness (QED) is 0.807. The third-order valence-electron chi connectivity index (χ3n) is 3.13. The number of hydrogen-bond acceptors (Lipinski definition) is 3. The molecule has 19 heavy (non-hydrogen) atoms. The van der Waals surface area contributed by atoms with Crippen molar-refractivity contribution in [1.29, 1.82) is 0 Å². The van der Waals surface area contributed by atoms with Gasteiger partial charge in [-0.2, -0.15) is 0 Å². The van der Waals surface area contributed by atoms with Gasteiger partial charge in [0.1, 0.15) is 4.60 Å². The molecule has 0 aliphatic rings. The Hall–Kier alpha value is -1.82. The van der Waals surface area contributed by atoms with Gasteiger partial charge >= 0.3 is 0 Å². The molecule has 0 fully saturated rings. The van der Waals surface area contributed by atoms with E-state index in [-0.39, 0.29) is 0 Å². The van der Waals surface area contributed by atoms with Gasteiger partial charge in [0.2, 0.25) is 0 Å². The Kier molecular flexibility index (Phi) is 3.02. The van der Waals surface area contributed by atoms with Crippen LogP contribution in [0.15, 0.2) is 35.3 Å². The van der Waals surface area contributed by atoms with Crippen LogP contribution < -0.4 is 5.43 Å². The maximum Gasteiger partial charge on any atom is 0.155 e. The first-order valence-electron chi connectivity index (χ1n) is 6.01. The third kappa shape index (κ3) is 2.23. The predicted octanol–water partition coefficient (Wildman–Crippen LogP) is 2.65. The molecule has 0 aromatic carbocycles. The van der Waals surface area contributed by atoms with Crippen molar-refractivity contribution in [3.05, 3.63) is 52.4 Å². The topological polar surface area (TPSA) is 47.2 Å². The number of aromatic nitrogens is 4. The van der Waals surface area contributed by atoms with E-state index < -0.39 is 0 Å². The molecule has 0 spiro atoms. The lowest BCUT2D eigenvalue weighted by molar-refractivity contribution is 0.775. The van der Waals surface area contributed by atoms with E-state index in [2.05, 4.69) is 62.0 Å². The molecule has 0 radical (unpaired) electrons. The average Bonchev–Trinajstić information content (AvgIpc) is 2.92. The van der Waals surface area contributed by atoms with Crippen molar-refractivity contribution in [3.63, 3.8) is 0 Å². The van der Waals surface area contributed by atoms with Crippen molar-refractivity contribution >= 4 is 21.6 Å². The van der Waals surface area contributed by atoms with Gasteiger partial charge in [-0.3, -0.25) is 9.08 Å². The Balaban J connectivity index is 1.88. The van der Waals surface area contributed by atoms with Crippen LogP contribution in [0.4, 0.5) is 0 Å². The maximum atomic E-state index is 4.33. The van der Waals surface area contributed by atoms with Gasteiger partial charge in [0.25, 0.3) is 0 Å². The minimum absolute atomic E-state index is 0.702. The smallest absolute Gasteiger partial charge is 0.155 e. The number of nitrogens with zero attached hydrogens (tertiary/aromatic N) is 4. The zero-order chi connectivity index (χ0) is 13.4. The van der Waals surface area contributed by atoms with Crippen LogP contribution in [0.5, 0.6) is 0 Å². The highest BCUT2D eigenvalue weighted by atomic mass is 79.9. The standard InChI is InChI=1S/C13H14BrN5/c1-9-3-4-10(2)19(9)17-6-11-5-16-13-7-15-12(14)8-18(11)13/h3-5,7-8,17H,6H2,1-2H3. The Morgan fingerprint density at radius 2 is 1.89 bits per heavy atom. The zero-order valence-electron chi connectivity index (χ0n) is 10.8. The van der Waals surface area contributed by atoms with Gasteiger partial charge in [0.15, 0.2) is 5.65 Å². The summed E-state index contributed by atoms with van der Waals surface area (Å²) in [5.41, 5.74) is 7.71. The summed E-state index contributed by atoms with van der Waals surface area (Å²) in [7, 11) is 0. The summed E-state index contributed by atoms with van der Waals surface area (Å²) in [4.78, 5) is 8.50. The summed E-state index contributed by atoms with van der Waals surface area (Å²) in [5, 5.41) is 0. The van der Waals surface area contributed by atoms with Gasteiger partial charge in [-0.25, -0.2) is 9.97 Å². The van der Waals surface area contributed by atoms with Crippen LogP contribution >= 0.6 is 15.9 Å². The lowest BCUT2D eigenvalue weighted by Gasteiger charge is -2.12. The number of imidazole rings is 1. The second-order valence-corrected chi connectivity index (χ2v) is 5.29. The van der Waals surface area contributed by atoms with Crippen molar-refractivity contribution < 1.29 is 0 Å².